The number of pyridine rings is 1. The molecule has 41 heavy (non-hydrogen) atoms. The molecule has 0 atom stereocenters. The fraction of sp³-hybridized carbons (Fsp3) is 0.250. The van der Waals surface area contributed by atoms with E-state index in [2.05, 4.69) is 45.0 Å². The molecular weight excluding hydrogens is 557 g/mol. The minimum atomic E-state index is 0.155. The van der Waals surface area contributed by atoms with Crippen LogP contribution in [-0.4, -0.2) is 51.1 Å². The molecule has 7 nitrogen and oxygen atoms in total. The summed E-state index contributed by atoms with van der Waals surface area (Å²) in [6.45, 7) is 3.12. The van der Waals surface area contributed by atoms with Crippen LogP contribution in [-0.2, 0) is 13.1 Å². The molecule has 0 aliphatic carbocycles. The number of hydrogen-bond donors (Lipinski definition) is 4. The van der Waals surface area contributed by atoms with Crippen molar-refractivity contribution >= 4 is 28.8 Å². The summed E-state index contributed by atoms with van der Waals surface area (Å²) in [6.07, 6.45) is 3.32. The van der Waals surface area contributed by atoms with Crippen molar-refractivity contribution in [2.24, 2.45) is 0 Å². The number of halogens is 2. The van der Waals surface area contributed by atoms with Crippen molar-refractivity contribution in [3.8, 4) is 33.4 Å². The lowest BCUT2D eigenvalue weighted by molar-refractivity contribution is 0.285. The van der Waals surface area contributed by atoms with Crippen LogP contribution in [0.5, 0.6) is 0 Å². The molecule has 3 aromatic carbocycles. The van der Waals surface area contributed by atoms with Crippen LogP contribution in [0.3, 0.4) is 0 Å². The number of nitrogens with zero attached hydrogens (tertiary/aromatic N) is 3. The molecule has 212 valence electrons. The molecule has 4 N–H and O–H groups in total. The first-order chi connectivity index (χ1) is 20.1. The first-order valence-corrected chi connectivity index (χ1v) is 14.5. The van der Waals surface area contributed by atoms with Gasteiger partial charge in [0.25, 0.3) is 0 Å². The first-order valence-electron chi connectivity index (χ1n) is 13.7. The molecule has 0 radical (unpaired) electrons. The van der Waals surface area contributed by atoms with Crippen LogP contribution in [0.4, 0.5) is 0 Å². The van der Waals surface area contributed by atoms with Gasteiger partial charge in [-0.05, 0) is 54.8 Å². The predicted molar refractivity (Wildman–Crippen MR) is 166 cm³/mol. The maximum absolute atomic E-state index is 8.96. The largest absolute Gasteiger partial charge is 0.396 e. The summed E-state index contributed by atoms with van der Waals surface area (Å²) in [6, 6.07) is 24.3. The second-order valence-corrected chi connectivity index (χ2v) is 10.5. The monoisotopic (exact) mass is 589 g/mol. The third-order valence-electron chi connectivity index (χ3n) is 6.88. The van der Waals surface area contributed by atoms with E-state index in [4.69, 9.17) is 33.4 Å². The van der Waals surface area contributed by atoms with E-state index in [0.717, 1.165) is 58.5 Å². The first kappa shape index (κ1) is 29.2. The standard InChI is InChI=1S/C32H33Cl2N5O2/c33-31-25(23-11-9-22(10-12-23)20-35-14-3-17-40)5-1-7-27(31)28-8-2-6-26(32(28)34)24-13-16-39-30(19-24)37-29(38-39)21-36-15-4-18-41/h1-2,5-13,16,19,35-36,40-41H,3-4,14-15,17-18,20-21H2. The molecule has 5 rings (SSSR count). The summed E-state index contributed by atoms with van der Waals surface area (Å²) in [4.78, 5) is 4.65. The van der Waals surface area contributed by atoms with E-state index in [1.54, 1.807) is 4.52 Å². The van der Waals surface area contributed by atoms with Crippen LogP contribution < -0.4 is 10.6 Å². The minimum absolute atomic E-state index is 0.155. The minimum Gasteiger partial charge on any atom is -0.396 e. The molecule has 0 saturated carbocycles. The number of nitrogens with one attached hydrogen (secondary N) is 2. The Morgan fingerprint density at radius 3 is 1.90 bits per heavy atom. The van der Waals surface area contributed by atoms with Crippen molar-refractivity contribution < 1.29 is 10.2 Å². The van der Waals surface area contributed by atoms with Gasteiger partial charge >= 0.3 is 0 Å². The quantitative estimate of drug-likeness (QED) is 0.126. The van der Waals surface area contributed by atoms with Gasteiger partial charge in [0.05, 0.1) is 16.6 Å². The fourth-order valence-electron chi connectivity index (χ4n) is 4.74. The molecule has 2 heterocycles. The SMILES string of the molecule is OCCCNCc1ccc(-c2cccc(-c3cccc(-c4ccn5nc(CNCCCO)nc5c4)c3Cl)c2Cl)cc1. The van der Waals surface area contributed by atoms with E-state index in [9.17, 15) is 0 Å². The molecule has 2 aromatic heterocycles. The van der Waals surface area contributed by atoms with E-state index >= 15 is 0 Å². The van der Waals surface area contributed by atoms with Crippen molar-refractivity contribution in [3.05, 3.63) is 100 Å². The zero-order valence-corrected chi connectivity index (χ0v) is 24.2. The van der Waals surface area contributed by atoms with Gasteiger partial charge in [0.2, 0.25) is 0 Å². The smallest absolute Gasteiger partial charge is 0.165 e. The van der Waals surface area contributed by atoms with Gasteiger partial charge in [-0.2, -0.15) is 0 Å². The molecule has 0 aliphatic rings. The number of aliphatic hydroxyl groups excluding tert-OH is 2. The molecule has 0 unspecified atom stereocenters. The Labute approximate surface area is 249 Å². The number of benzene rings is 3. The van der Waals surface area contributed by atoms with E-state index < -0.39 is 0 Å². The van der Waals surface area contributed by atoms with Crippen molar-refractivity contribution in [2.75, 3.05) is 26.3 Å². The maximum Gasteiger partial charge on any atom is 0.165 e. The van der Waals surface area contributed by atoms with E-state index in [0.29, 0.717) is 35.4 Å². The molecule has 0 spiro atoms. The van der Waals surface area contributed by atoms with Crippen molar-refractivity contribution in [1.29, 1.82) is 0 Å². The molecular formula is C32H33Cl2N5O2. The lowest BCUT2D eigenvalue weighted by atomic mass is 9.95. The molecule has 0 aliphatic heterocycles. The van der Waals surface area contributed by atoms with Gasteiger partial charge in [0.1, 0.15) is 0 Å². The summed E-state index contributed by atoms with van der Waals surface area (Å²) in [7, 11) is 0. The maximum atomic E-state index is 8.96. The topological polar surface area (TPSA) is 94.7 Å². The van der Waals surface area contributed by atoms with E-state index in [1.165, 1.54) is 5.56 Å². The summed E-state index contributed by atoms with van der Waals surface area (Å²) >= 11 is 14.1. The molecule has 0 amide bonds. The van der Waals surface area contributed by atoms with Crippen LogP contribution in [0.15, 0.2) is 79.0 Å². The Bertz CT molecular complexity index is 1600. The van der Waals surface area contributed by atoms with Gasteiger partial charge in [0, 0.05) is 48.2 Å². The van der Waals surface area contributed by atoms with Crippen molar-refractivity contribution in [1.82, 2.24) is 25.2 Å². The molecule has 5 aromatic rings. The van der Waals surface area contributed by atoms with E-state index in [1.807, 2.05) is 54.7 Å². The summed E-state index contributed by atoms with van der Waals surface area (Å²) in [5, 5.41) is 30.3. The molecule has 0 bridgehead atoms. The normalized spacial score (nSPS) is 11.4. The van der Waals surface area contributed by atoms with Gasteiger partial charge < -0.3 is 20.8 Å². The number of hydrogen-bond acceptors (Lipinski definition) is 6. The Hall–Kier alpha value is -3.30. The number of aromatic nitrogens is 3. The van der Waals surface area contributed by atoms with E-state index in [-0.39, 0.29) is 13.2 Å². The van der Waals surface area contributed by atoms with Crippen molar-refractivity contribution in [3.63, 3.8) is 0 Å². The zero-order valence-electron chi connectivity index (χ0n) is 22.7. The number of fused-ring (bicyclic) bond motifs is 1. The summed E-state index contributed by atoms with van der Waals surface area (Å²) in [5.74, 6) is 0.689. The van der Waals surface area contributed by atoms with Gasteiger partial charge in [-0.25, -0.2) is 9.50 Å². The second-order valence-electron chi connectivity index (χ2n) is 9.79. The Morgan fingerprint density at radius 2 is 1.27 bits per heavy atom. The summed E-state index contributed by atoms with van der Waals surface area (Å²) < 4.78 is 1.75. The number of aliphatic hydroxyl groups is 2. The Balaban J connectivity index is 1.39. The van der Waals surface area contributed by atoms with Crippen LogP contribution in [0.25, 0.3) is 39.0 Å². The van der Waals surface area contributed by atoms with Crippen LogP contribution in [0.1, 0.15) is 24.2 Å². The van der Waals surface area contributed by atoms with Gasteiger partial charge in [0.15, 0.2) is 11.5 Å². The lowest BCUT2D eigenvalue weighted by Crippen LogP contribution is -2.16. The lowest BCUT2D eigenvalue weighted by Gasteiger charge is -2.14. The van der Waals surface area contributed by atoms with Crippen LogP contribution in [0.2, 0.25) is 10.0 Å². The van der Waals surface area contributed by atoms with Crippen LogP contribution >= 0.6 is 23.2 Å². The average molecular weight is 591 g/mol. The third-order valence-corrected chi connectivity index (χ3v) is 7.69. The fourth-order valence-corrected chi connectivity index (χ4v) is 5.41. The highest BCUT2D eigenvalue weighted by molar-refractivity contribution is 6.39. The highest BCUT2D eigenvalue weighted by Gasteiger charge is 2.16. The van der Waals surface area contributed by atoms with Gasteiger partial charge in [-0.1, -0.05) is 83.9 Å². The predicted octanol–water partition coefficient (Wildman–Crippen LogP) is 5.98. The Morgan fingerprint density at radius 1 is 0.683 bits per heavy atom. The van der Waals surface area contributed by atoms with Gasteiger partial charge in [-0.15, -0.1) is 5.10 Å². The molecule has 0 saturated heterocycles. The molecule has 0 fully saturated rings. The second kappa shape index (κ2) is 14.0. The summed E-state index contributed by atoms with van der Waals surface area (Å²) in [5.41, 5.74) is 7.42. The molecule has 9 heteroatoms. The highest BCUT2D eigenvalue weighted by Crippen LogP contribution is 2.42. The van der Waals surface area contributed by atoms with Crippen LogP contribution in [0, 0.1) is 0 Å². The number of rotatable bonds is 13. The average Bonchev–Trinajstić information content (AvgIpc) is 3.41. The van der Waals surface area contributed by atoms with Crippen molar-refractivity contribution in [2.45, 2.75) is 25.9 Å². The Kier molecular flexibility index (Phi) is 10.0. The zero-order chi connectivity index (χ0) is 28.6. The third kappa shape index (κ3) is 6.96. The highest BCUT2D eigenvalue weighted by atomic mass is 35.5. The van der Waals surface area contributed by atoms with Gasteiger partial charge in [-0.3, -0.25) is 0 Å².